The van der Waals surface area contributed by atoms with Crippen LogP contribution in [0.25, 0.3) is 0 Å². The first-order valence-corrected chi connectivity index (χ1v) is 5.26. The summed E-state index contributed by atoms with van der Waals surface area (Å²) < 4.78 is 1.52. The monoisotopic (exact) mass is 245 g/mol. The van der Waals surface area contributed by atoms with Gasteiger partial charge in [-0.05, 0) is 19.9 Å². The number of para-hydroxylation sites is 1. The SMILES string of the molecule is Cc1nnc(C)n1/N=C/c1ccccc1[N+](=O)[O-]. The summed E-state index contributed by atoms with van der Waals surface area (Å²) in [6.45, 7) is 3.52. The molecule has 1 aromatic carbocycles. The van der Waals surface area contributed by atoms with Crippen molar-refractivity contribution < 1.29 is 4.92 Å². The third-order valence-corrected chi connectivity index (χ3v) is 2.40. The van der Waals surface area contributed by atoms with Gasteiger partial charge in [0.2, 0.25) is 0 Å². The summed E-state index contributed by atoms with van der Waals surface area (Å²) in [5, 5.41) is 22.7. The maximum atomic E-state index is 10.8. The largest absolute Gasteiger partial charge is 0.278 e. The normalized spacial score (nSPS) is 11.0. The van der Waals surface area contributed by atoms with Gasteiger partial charge in [0.1, 0.15) is 0 Å². The number of nitro benzene ring substituents is 1. The molecule has 0 aliphatic carbocycles. The van der Waals surface area contributed by atoms with Gasteiger partial charge in [-0.15, -0.1) is 10.2 Å². The molecule has 92 valence electrons. The zero-order chi connectivity index (χ0) is 13.1. The Balaban J connectivity index is 2.38. The zero-order valence-electron chi connectivity index (χ0n) is 9.94. The molecular weight excluding hydrogens is 234 g/mol. The average molecular weight is 245 g/mol. The molecule has 0 spiro atoms. The summed E-state index contributed by atoms with van der Waals surface area (Å²) in [5.74, 6) is 1.25. The number of hydrogen-bond donors (Lipinski definition) is 0. The van der Waals surface area contributed by atoms with Crippen LogP contribution in [0.15, 0.2) is 29.4 Å². The van der Waals surface area contributed by atoms with Gasteiger partial charge in [-0.2, -0.15) is 5.10 Å². The minimum absolute atomic E-state index is 0.0182. The Hall–Kier alpha value is -2.57. The number of benzene rings is 1. The molecule has 7 nitrogen and oxygen atoms in total. The number of nitrogens with zero attached hydrogens (tertiary/aromatic N) is 5. The molecule has 0 aliphatic heterocycles. The van der Waals surface area contributed by atoms with Gasteiger partial charge in [-0.3, -0.25) is 10.1 Å². The Labute approximate surface area is 103 Å². The second-order valence-corrected chi connectivity index (χ2v) is 3.67. The first-order chi connectivity index (χ1) is 8.59. The van der Waals surface area contributed by atoms with E-state index in [9.17, 15) is 10.1 Å². The maximum Gasteiger partial charge on any atom is 0.278 e. The molecule has 0 aliphatic rings. The molecule has 0 radical (unpaired) electrons. The topological polar surface area (TPSA) is 86.2 Å². The van der Waals surface area contributed by atoms with Crippen LogP contribution < -0.4 is 0 Å². The predicted molar refractivity (Wildman–Crippen MR) is 65.6 cm³/mol. The quantitative estimate of drug-likeness (QED) is 0.467. The van der Waals surface area contributed by atoms with Gasteiger partial charge < -0.3 is 0 Å². The number of aryl methyl sites for hydroxylation is 2. The lowest BCUT2D eigenvalue weighted by Gasteiger charge is -1.98. The van der Waals surface area contributed by atoms with Gasteiger partial charge in [0.05, 0.1) is 16.7 Å². The van der Waals surface area contributed by atoms with Crippen molar-refractivity contribution in [1.29, 1.82) is 0 Å². The van der Waals surface area contributed by atoms with E-state index in [4.69, 9.17) is 0 Å². The van der Waals surface area contributed by atoms with Crippen molar-refractivity contribution >= 4 is 11.9 Å². The summed E-state index contributed by atoms with van der Waals surface area (Å²) >= 11 is 0. The summed E-state index contributed by atoms with van der Waals surface area (Å²) in [6, 6.07) is 6.41. The van der Waals surface area contributed by atoms with Gasteiger partial charge >= 0.3 is 0 Å². The van der Waals surface area contributed by atoms with Crippen LogP contribution in [-0.2, 0) is 0 Å². The molecule has 0 saturated carbocycles. The zero-order valence-corrected chi connectivity index (χ0v) is 9.94. The average Bonchev–Trinajstić information content (AvgIpc) is 2.67. The van der Waals surface area contributed by atoms with Gasteiger partial charge in [-0.25, -0.2) is 4.68 Å². The van der Waals surface area contributed by atoms with Gasteiger partial charge in [0, 0.05) is 6.07 Å². The van der Waals surface area contributed by atoms with Crippen molar-refractivity contribution in [2.75, 3.05) is 0 Å². The minimum Gasteiger partial charge on any atom is -0.258 e. The van der Waals surface area contributed by atoms with Gasteiger partial charge in [0.25, 0.3) is 5.69 Å². The Bertz CT molecular complexity index is 598. The molecule has 0 saturated heterocycles. The van der Waals surface area contributed by atoms with E-state index in [-0.39, 0.29) is 5.69 Å². The van der Waals surface area contributed by atoms with Crippen molar-refractivity contribution in [3.8, 4) is 0 Å². The molecule has 7 heteroatoms. The molecule has 0 atom stereocenters. The lowest BCUT2D eigenvalue weighted by molar-refractivity contribution is -0.385. The van der Waals surface area contributed by atoms with E-state index in [0.717, 1.165) is 0 Å². The lowest BCUT2D eigenvalue weighted by atomic mass is 10.2. The standard InChI is InChI=1S/C11H11N5O2/c1-8-13-14-9(2)15(8)12-7-10-5-3-4-6-11(10)16(17)18/h3-7H,1-2H3/b12-7+. The fourth-order valence-corrected chi connectivity index (χ4v) is 1.51. The fourth-order valence-electron chi connectivity index (χ4n) is 1.51. The third-order valence-electron chi connectivity index (χ3n) is 2.40. The van der Waals surface area contributed by atoms with E-state index in [1.807, 2.05) is 0 Å². The van der Waals surface area contributed by atoms with Gasteiger partial charge in [-0.1, -0.05) is 12.1 Å². The highest BCUT2D eigenvalue weighted by Gasteiger charge is 2.10. The first-order valence-electron chi connectivity index (χ1n) is 5.26. The molecule has 1 heterocycles. The summed E-state index contributed by atoms with van der Waals surface area (Å²) in [7, 11) is 0. The number of nitro groups is 1. The third kappa shape index (κ3) is 2.24. The van der Waals surface area contributed by atoms with Crippen LogP contribution in [0, 0.1) is 24.0 Å². The van der Waals surface area contributed by atoms with E-state index in [1.54, 1.807) is 32.0 Å². The highest BCUT2D eigenvalue weighted by Crippen LogP contribution is 2.15. The Morgan fingerprint density at radius 3 is 2.50 bits per heavy atom. The van der Waals surface area contributed by atoms with Crippen molar-refractivity contribution in [1.82, 2.24) is 14.9 Å². The minimum atomic E-state index is -0.437. The molecule has 0 bridgehead atoms. The first kappa shape index (κ1) is 11.9. The second-order valence-electron chi connectivity index (χ2n) is 3.67. The van der Waals surface area contributed by atoms with E-state index >= 15 is 0 Å². The van der Waals surface area contributed by atoms with E-state index < -0.39 is 4.92 Å². The molecule has 0 unspecified atom stereocenters. The van der Waals surface area contributed by atoms with Crippen LogP contribution in [0.2, 0.25) is 0 Å². The van der Waals surface area contributed by atoms with Crippen LogP contribution in [0.5, 0.6) is 0 Å². The van der Waals surface area contributed by atoms with Crippen molar-refractivity contribution in [2.45, 2.75) is 13.8 Å². The Morgan fingerprint density at radius 1 is 1.28 bits per heavy atom. The van der Waals surface area contributed by atoms with E-state index in [1.165, 1.54) is 17.0 Å². The Morgan fingerprint density at radius 2 is 1.89 bits per heavy atom. The Kier molecular flexibility index (Phi) is 3.13. The molecule has 18 heavy (non-hydrogen) atoms. The molecule has 2 rings (SSSR count). The lowest BCUT2D eigenvalue weighted by Crippen LogP contribution is -1.98. The van der Waals surface area contributed by atoms with Crippen LogP contribution in [0.4, 0.5) is 5.69 Å². The van der Waals surface area contributed by atoms with Crippen molar-refractivity contribution in [2.24, 2.45) is 5.10 Å². The molecule has 2 aromatic rings. The number of rotatable bonds is 3. The highest BCUT2D eigenvalue weighted by atomic mass is 16.6. The van der Waals surface area contributed by atoms with Crippen LogP contribution >= 0.6 is 0 Å². The summed E-state index contributed by atoms with van der Waals surface area (Å²) in [5.41, 5.74) is 0.458. The highest BCUT2D eigenvalue weighted by molar-refractivity contribution is 5.85. The maximum absolute atomic E-state index is 10.8. The molecule has 0 fully saturated rings. The smallest absolute Gasteiger partial charge is 0.258 e. The van der Waals surface area contributed by atoms with Crippen LogP contribution in [0.3, 0.4) is 0 Å². The molecular formula is C11H11N5O2. The number of hydrogen-bond acceptors (Lipinski definition) is 5. The second kappa shape index (κ2) is 4.74. The molecule has 1 aromatic heterocycles. The predicted octanol–water partition coefficient (Wildman–Crippen LogP) is 1.69. The van der Waals surface area contributed by atoms with Gasteiger partial charge in [0.15, 0.2) is 11.6 Å². The summed E-state index contributed by atoms with van der Waals surface area (Å²) in [4.78, 5) is 10.4. The number of aromatic nitrogens is 3. The van der Waals surface area contributed by atoms with Crippen molar-refractivity contribution in [3.63, 3.8) is 0 Å². The van der Waals surface area contributed by atoms with Crippen molar-refractivity contribution in [3.05, 3.63) is 51.6 Å². The summed E-state index contributed by atoms with van der Waals surface area (Å²) in [6.07, 6.45) is 1.43. The van der Waals surface area contributed by atoms with E-state index in [2.05, 4.69) is 15.3 Å². The van der Waals surface area contributed by atoms with Crippen LogP contribution in [-0.4, -0.2) is 26.0 Å². The van der Waals surface area contributed by atoms with Crippen LogP contribution in [0.1, 0.15) is 17.2 Å². The molecule has 0 amide bonds. The fraction of sp³-hybridized carbons (Fsp3) is 0.182. The van der Waals surface area contributed by atoms with E-state index in [0.29, 0.717) is 17.2 Å². The molecule has 0 N–H and O–H groups in total.